The van der Waals surface area contributed by atoms with E-state index in [1.807, 2.05) is 12.5 Å². The van der Waals surface area contributed by atoms with Crippen molar-refractivity contribution in [2.75, 3.05) is 6.54 Å². The minimum absolute atomic E-state index is 1.17. The molecular weight excluding hydrogens is 269 g/mol. The highest BCUT2D eigenvalue weighted by Gasteiger charge is 2.14. The molecule has 0 aromatic heterocycles. The van der Waals surface area contributed by atoms with Gasteiger partial charge in [-0.15, -0.1) is 0 Å². The van der Waals surface area contributed by atoms with Gasteiger partial charge in [-0.1, -0.05) is 6.92 Å². The minimum Gasteiger partial charge on any atom is -0.391 e. The second kappa shape index (κ2) is 7.37. The first kappa shape index (κ1) is 14.1. The molecule has 2 nitrogen and oxygen atoms in total. The van der Waals surface area contributed by atoms with Crippen molar-refractivity contribution in [2.24, 2.45) is 4.99 Å². The Kier molecular flexibility index (Phi) is 7.97. The van der Waals surface area contributed by atoms with Crippen molar-refractivity contribution in [3.05, 3.63) is 12.4 Å². The Morgan fingerprint density at radius 3 is 2.15 bits per heavy atom. The predicted molar refractivity (Wildman–Crippen MR) is 62.9 cm³/mol. The van der Waals surface area contributed by atoms with Gasteiger partial charge in [0.2, 0.25) is 0 Å². The van der Waals surface area contributed by atoms with E-state index < -0.39 is 9.39 Å². The Morgan fingerprint density at radius 1 is 1.31 bits per heavy atom. The molecule has 13 heavy (non-hydrogen) atoms. The quantitative estimate of drug-likeness (QED) is 0.747. The highest BCUT2D eigenvalue weighted by atomic mass is 35.9. The standard InChI is InChI=1S/C6H10N2.Al.4ClH/c1-2-4-8-5-3-7-6-8;;;;;/h3,5-6H,2,4H2,1H3;;4*1H/q;+3;;;;/p-3. The topological polar surface area (TPSA) is 16.8 Å². The summed E-state index contributed by atoms with van der Waals surface area (Å²) in [7, 11) is 17.0. The normalized spacial score (nSPS) is 19.9. The number of hydrogen-bond donors (Lipinski definition) is 1. The lowest BCUT2D eigenvalue weighted by Crippen LogP contribution is -3.05. The number of nitrogens with one attached hydrogen (secondary N) is 1. The summed E-state index contributed by atoms with van der Waals surface area (Å²) in [6.07, 6.45) is 7.03. The number of rotatable bonds is 2. The van der Waals surface area contributed by atoms with Crippen LogP contribution in [-0.4, -0.2) is 22.3 Å². The first-order valence-corrected chi connectivity index (χ1v) is 10.8. The van der Waals surface area contributed by atoms with Gasteiger partial charge in [-0.2, -0.15) is 0 Å². The molecule has 1 aliphatic rings. The van der Waals surface area contributed by atoms with Crippen LogP contribution in [0.4, 0.5) is 0 Å². The van der Waals surface area contributed by atoms with E-state index in [1.165, 1.54) is 17.9 Å². The van der Waals surface area contributed by atoms with E-state index >= 15 is 0 Å². The van der Waals surface area contributed by atoms with E-state index in [-0.39, 0.29) is 0 Å². The third-order valence-electron chi connectivity index (χ3n) is 1.15. The second-order valence-electron chi connectivity index (χ2n) is 2.41. The fourth-order valence-electron chi connectivity index (χ4n) is 0.757. The molecule has 1 aliphatic heterocycles. The molecular formula is C6H11AlCl4N2. The summed E-state index contributed by atoms with van der Waals surface area (Å²) in [6, 6.07) is 0. The van der Waals surface area contributed by atoms with Gasteiger partial charge in [0.25, 0.3) is 0 Å². The molecule has 1 rings (SSSR count). The zero-order valence-electron chi connectivity index (χ0n) is 7.18. The van der Waals surface area contributed by atoms with Crippen LogP contribution in [0.25, 0.3) is 0 Å². The Morgan fingerprint density at radius 2 is 1.85 bits per heavy atom. The Labute approximate surface area is 97.6 Å². The largest absolute Gasteiger partial charge is 0.564 e. The fraction of sp³-hybridized carbons (Fsp3) is 0.500. The average molecular weight is 280 g/mol. The maximum atomic E-state index is 4.99. The third kappa shape index (κ3) is 13.1. The van der Waals surface area contributed by atoms with Crippen molar-refractivity contribution in [3.8, 4) is 0 Å². The number of halogens is 4. The summed E-state index contributed by atoms with van der Waals surface area (Å²) in [4.78, 5) is 5.29. The number of nitrogens with zero attached hydrogens (tertiary/aromatic N) is 1. The molecule has 0 saturated heterocycles. The molecule has 0 aliphatic carbocycles. The van der Waals surface area contributed by atoms with Crippen LogP contribution in [-0.2, 0) is 0 Å². The highest BCUT2D eigenvalue weighted by molar-refractivity contribution is 7.81. The van der Waals surface area contributed by atoms with Gasteiger partial charge in [0.1, 0.15) is 6.20 Å². The van der Waals surface area contributed by atoms with Crippen LogP contribution in [0, 0.1) is 0 Å². The summed E-state index contributed by atoms with van der Waals surface area (Å²) < 4.78 is 0. The lowest BCUT2D eigenvalue weighted by molar-refractivity contribution is -0.736. The van der Waals surface area contributed by atoms with Gasteiger partial charge in [0, 0.05) is 0 Å². The Bertz CT molecular complexity index is 172. The number of aliphatic imine (C=N–C) groups is 1. The molecule has 1 atom stereocenters. The highest BCUT2D eigenvalue weighted by Crippen LogP contribution is 2.23. The van der Waals surface area contributed by atoms with Gasteiger partial charge < -0.3 is 40.2 Å². The van der Waals surface area contributed by atoms with Crippen LogP contribution in [0.2, 0.25) is 0 Å². The van der Waals surface area contributed by atoms with E-state index in [9.17, 15) is 0 Å². The summed E-state index contributed by atoms with van der Waals surface area (Å²) in [6.45, 7) is 3.34. The molecule has 1 unspecified atom stereocenters. The van der Waals surface area contributed by atoms with Gasteiger partial charge >= 0.3 is 9.39 Å². The smallest absolute Gasteiger partial charge is 0.391 e. The zero-order valence-corrected chi connectivity index (χ0v) is 11.4. The zero-order chi connectivity index (χ0) is 10.3. The third-order valence-corrected chi connectivity index (χ3v) is 1.15. The second-order valence-corrected chi connectivity index (χ2v) is 15.3. The monoisotopic (exact) mass is 278 g/mol. The van der Waals surface area contributed by atoms with E-state index in [0.29, 0.717) is 0 Å². The van der Waals surface area contributed by atoms with Gasteiger partial charge in [-0.25, -0.2) is 4.99 Å². The first-order valence-electron chi connectivity index (χ1n) is 3.86. The molecule has 0 bridgehead atoms. The molecule has 0 aromatic carbocycles. The van der Waals surface area contributed by atoms with E-state index in [1.54, 1.807) is 0 Å². The molecule has 7 heteroatoms. The van der Waals surface area contributed by atoms with E-state index in [0.717, 1.165) is 0 Å². The molecule has 76 valence electrons. The SMILES string of the molecule is CCC[NH+]1C=CN=C1.[Cl][Al-]([Cl])([Cl])[Cl]. The summed E-state index contributed by atoms with van der Waals surface area (Å²) >= 11 is 0. The van der Waals surface area contributed by atoms with Crippen LogP contribution < -0.4 is 4.90 Å². The molecule has 0 amide bonds. The maximum Gasteiger partial charge on any atom is 0.564 e. The minimum atomic E-state index is -2.94. The van der Waals surface area contributed by atoms with E-state index in [2.05, 4.69) is 18.1 Å². The van der Waals surface area contributed by atoms with Crippen molar-refractivity contribution < 1.29 is 4.90 Å². The average Bonchev–Trinajstić information content (AvgIpc) is 2.36. The summed E-state index contributed by atoms with van der Waals surface area (Å²) in [5.74, 6) is 0. The molecule has 1 N–H and O–H groups in total. The molecule has 1 heterocycles. The summed E-state index contributed by atoms with van der Waals surface area (Å²) in [5, 5.41) is 0. The lowest BCUT2D eigenvalue weighted by Gasteiger charge is -1.99. The summed E-state index contributed by atoms with van der Waals surface area (Å²) in [5.41, 5.74) is 0. The van der Waals surface area contributed by atoms with Crippen molar-refractivity contribution in [3.63, 3.8) is 0 Å². The number of hydrogen-bond acceptors (Lipinski definition) is 1. The molecule has 0 saturated carbocycles. The lowest BCUT2D eigenvalue weighted by atomic mass is 10.5. The molecule has 0 spiro atoms. The van der Waals surface area contributed by atoms with Crippen molar-refractivity contribution >= 4 is 55.9 Å². The predicted octanol–water partition coefficient (Wildman–Crippen LogP) is 2.17. The Balaban J connectivity index is 0.000000252. The Hall–Kier alpha value is 1.06. The van der Waals surface area contributed by atoms with Gasteiger partial charge in [-0.3, -0.25) is 4.90 Å². The van der Waals surface area contributed by atoms with Gasteiger partial charge in [0.05, 0.1) is 12.7 Å². The first-order chi connectivity index (χ1) is 5.93. The van der Waals surface area contributed by atoms with Gasteiger partial charge in [0.15, 0.2) is 6.34 Å². The van der Waals surface area contributed by atoms with Gasteiger partial charge in [-0.05, 0) is 6.42 Å². The van der Waals surface area contributed by atoms with Crippen molar-refractivity contribution in [2.45, 2.75) is 13.3 Å². The van der Waals surface area contributed by atoms with Crippen LogP contribution in [0.15, 0.2) is 17.4 Å². The van der Waals surface area contributed by atoms with Crippen LogP contribution >= 0.6 is 40.2 Å². The van der Waals surface area contributed by atoms with E-state index in [4.69, 9.17) is 40.2 Å². The molecule has 0 fully saturated rings. The van der Waals surface area contributed by atoms with Crippen LogP contribution in [0.1, 0.15) is 13.3 Å². The maximum absolute atomic E-state index is 4.99. The number of quaternary nitrogens is 1. The molecule has 0 radical (unpaired) electrons. The fourth-order valence-corrected chi connectivity index (χ4v) is 0.757. The van der Waals surface area contributed by atoms with Crippen molar-refractivity contribution in [1.29, 1.82) is 0 Å². The van der Waals surface area contributed by atoms with Crippen LogP contribution in [0.5, 0.6) is 0 Å². The van der Waals surface area contributed by atoms with Crippen molar-refractivity contribution in [1.82, 2.24) is 0 Å². The molecule has 0 aromatic rings. The van der Waals surface area contributed by atoms with Crippen LogP contribution in [0.3, 0.4) is 0 Å².